The van der Waals surface area contributed by atoms with Crippen molar-refractivity contribution in [1.82, 2.24) is 4.90 Å². The highest BCUT2D eigenvalue weighted by molar-refractivity contribution is 7.23. The Morgan fingerprint density at radius 1 is 1.03 bits per heavy atom. The third-order valence-electron chi connectivity index (χ3n) is 7.51. The third-order valence-corrected chi connectivity index (χ3v) is 8.83. The van der Waals surface area contributed by atoms with Gasteiger partial charge in [0.15, 0.2) is 17.3 Å². The summed E-state index contributed by atoms with van der Waals surface area (Å²) in [7, 11) is 5.24. The number of thiophene rings is 1. The number of methoxy groups -OCH3 is 1. The van der Waals surface area contributed by atoms with E-state index < -0.39 is 5.82 Å². The SMILES string of the molecule is COc1cc2sc(N(C)C)c(C(=O)c3ccc(O[C@@H]4CCCC[C@H]4N4CCCCC4)cc3)c2cc1F. The van der Waals surface area contributed by atoms with Gasteiger partial charge in [-0.25, -0.2) is 4.39 Å². The number of rotatable bonds is 7. The van der Waals surface area contributed by atoms with Gasteiger partial charge in [-0.3, -0.25) is 9.69 Å². The minimum atomic E-state index is -0.471. The van der Waals surface area contributed by atoms with E-state index in [9.17, 15) is 9.18 Å². The number of ketones is 1. The van der Waals surface area contributed by atoms with Crippen LogP contribution in [0.15, 0.2) is 36.4 Å². The second kappa shape index (κ2) is 10.8. The Labute approximate surface area is 216 Å². The molecule has 5 rings (SSSR count). The first kappa shape index (κ1) is 25.0. The molecule has 7 heteroatoms. The fourth-order valence-corrected chi connectivity index (χ4v) is 6.79. The van der Waals surface area contributed by atoms with Crippen molar-refractivity contribution in [2.24, 2.45) is 0 Å². The highest BCUT2D eigenvalue weighted by atomic mass is 32.1. The van der Waals surface area contributed by atoms with Gasteiger partial charge >= 0.3 is 0 Å². The lowest BCUT2D eigenvalue weighted by Gasteiger charge is -2.41. The van der Waals surface area contributed by atoms with Crippen LogP contribution in [0, 0.1) is 5.82 Å². The molecule has 2 heterocycles. The predicted octanol–water partition coefficient (Wildman–Crippen LogP) is 6.52. The van der Waals surface area contributed by atoms with E-state index in [1.54, 1.807) is 6.07 Å². The van der Waals surface area contributed by atoms with Crippen molar-refractivity contribution >= 4 is 32.2 Å². The van der Waals surface area contributed by atoms with E-state index in [0.29, 0.717) is 22.6 Å². The number of carbonyl (C=O) groups is 1. The highest BCUT2D eigenvalue weighted by Crippen LogP contribution is 2.41. The number of hydrogen-bond donors (Lipinski definition) is 0. The molecule has 0 spiro atoms. The van der Waals surface area contributed by atoms with Crippen LogP contribution in [0.2, 0.25) is 0 Å². The zero-order valence-electron chi connectivity index (χ0n) is 21.4. The number of carbonyl (C=O) groups excluding carboxylic acids is 1. The van der Waals surface area contributed by atoms with Crippen LogP contribution in [0.3, 0.4) is 0 Å². The molecule has 1 saturated heterocycles. The smallest absolute Gasteiger partial charge is 0.196 e. The predicted molar refractivity (Wildman–Crippen MR) is 145 cm³/mol. The van der Waals surface area contributed by atoms with Crippen molar-refractivity contribution in [3.8, 4) is 11.5 Å². The Kier molecular flexibility index (Phi) is 7.49. The number of likely N-dealkylation sites (tertiary alicyclic amines) is 1. The molecule has 0 bridgehead atoms. The number of benzene rings is 2. The lowest BCUT2D eigenvalue weighted by atomic mass is 9.90. The maximum Gasteiger partial charge on any atom is 0.196 e. The highest BCUT2D eigenvalue weighted by Gasteiger charge is 2.32. The molecule has 1 aliphatic carbocycles. The van der Waals surface area contributed by atoms with Gasteiger partial charge in [0.05, 0.1) is 12.7 Å². The van der Waals surface area contributed by atoms with Crippen LogP contribution in [0.4, 0.5) is 9.39 Å². The molecule has 1 aromatic heterocycles. The van der Waals surface area contributed by atoms with Gasteiger partial charge in [-0.1, -0.05) is 12.8 Å². The molecule has 0 N–H and O–H groups in total. The average molecular weight is 511 g/mol. The summed E-state index contributed by atoms with van der Waals surface area (Å²) in [6, 6.07) is 11.0. The van der Waals surface area contributed by atoms with Gasteiger partial charge in [-0.2, -0.15) is 0 Å². The minimum absolute atomic E-state index is 0.120. The van der Waals surface area contributed by atoms with Crippen LogP contribution in [0.25, 0.3) is 10.1 Å². The van der Waals surface area contributed by atoms with Crippen LogP contribution in [0.1, 0.15) is 60.9 Å². The van der Waals surface area contributed by atoms with Crippen LogP contribution in [-0.2, 0) is 0 Å². The van der Waals surface area contributed by atoms with E-state index in [2.05, 4.69) is 4.90 Å². The van der Waals surface area contributed by atoms with Crippen molar-refractivity contribution in [1.29, 1.82) is 0 Å². The maximum absolute atomic E-state index is 14.6. The normalized spacial score (nSPS) is 20.9. The molecular weight excluding hydrogens is 475 g/mol. The number of anilines is 1. The molecular formula is C29H35FN2O3S. The first-order chi connectivity index (χ1) is 17.5. The van der Waals surface area contributed by atoms with Crippen molar-refractivity contribution in [2.75, 3.05) is 39.2 Å². The first-order valence-corrected chi connectivity index (χ1v) is 13.8. The van der Waals surface area contributed by atoms with Crippen molar-refractivity contribution in [2.45, 2.75) is 57.1 Å². The fourth-order valence-electron chi connectivity index (χ4n) is 5.66. The van der Waals surface area contributed by atoms with Gasteiger partial charge in [0, 0.05) is 41.9 Å². The number of hydrogen-bond acceptors (Lipinski definition) is 6. The monoisotopic (exact) mass is 510 g/mol. The summed E-state index contributed by atoms with van der Waals surface area (Å²) in [5.74, 6) is 0.394. The lowest BCUT2D eigenvalue weighted by molar-refractivity contribution is 0.0261. The topological polar surface area (TPSA) is 42.0 Å². The van der Waals surface area contributed by atoms with Gasteiger partial charge in [0.1, 0.15) is 16.9 Å². The number of fused-ring (bicyclic) bond motifs is 1. The third kappa shape index (κ3) is 4.96. The largest absolute Gasteiger partial charge is 0.494 e. The van der Waals surface area contributed by atoms with Gasteiger partial charge in [-0.05, 0) is 75.5 Å². The summed E-state index contributed by atoms with van der Waals surface area (Å²) in [6.45, 7) is 2.35. The molecule has 0 radical (unpaired) electrons. The summed E-state index contributed by atoms with van der Waals surface area (Å²) in [6.07, 6.45) is 8.82. The second-order valence-electron chi connectivity index (χ2n) is 10.1. The fraction of sp³-hybridized carbons (Fsp3) is 0.483. The Hall–Kier alpha value is -2.64. The Bertz CT molecular complexity index is 1220. The van der Waals surface area contributed by atoms with Crippen LogP contribution in [0.5, 0.6) is 11.5 Å². The average Bonchev–Trinajstić information content (AvgIpc) is 3.27. The van der Waals surface area contributed by atoms with Crippen molar-refractivity contribution in [3.05, 3.63) is 53.3 Å². The number of nitrogens with zero attached hydrogens (tertiary/aromatic N) is 2. The Balaban J connectivity index is 1.38. The van der Waals surface area contributed by atoms with E-state index in [0.717, 1.165) is 21.9 Å². The minimum Gasteiger partial charge on any atom is -0.494 e. The number of ether oxygens (including phenoxy) is 2. The summed E-state index contributed by atoms with van der Waals surface area (Å²) in [5, 5.41) is 1.41. The molecule has 1 saturated carbocycles. The van der Waals surface area contributed by atoms with E-state index in [-0.39, 0.29) is 17.6 Å². The molecule has 192 valence electrons. The molecule has 3 aromatic rings. The molecule has 2 aliphatic rings. The van der Waals surface area contributed by atoms with Gasteiger partial charge in [-0.15, -0.1) is 11.3 Å². The van der Waals surface area contributed by atoms with Crippen LogP contribution in [-0.4, -0.2) is 57.1 Å². The number of piperidine rings is 1. The summed E-state index contributed by atoms with van der Waals surface area (Å²) in [4.78, 5) is 18.2. The summed E-state index contributed by atoms with van der Waals surface area (Å²) >= 11 is 1.46. The van der Waals surface area contributed by atoms with Gasteiger partial charge in [0.25, 0.3) is 0 Å². The Morgan fingerprint density at radius 3 is 2.44 bits per heavy atom. The Morgan fingerprint density at radius 2 is 1.75 bits per heavy atom. The number of halogens is 1. The van der Waals surface area contributed by atoms with E-state index in [4.69, 9.17) is 9.47 Å². The molecule has 2 atom stereocenters. The van der Waals surface area contributed by atoms with E-state index >= 15 is 0 Å². The van der Waals surface area contributed by atoms with Crippen molar-refractivity contribution in [3.63, 3.8) is 0 Å². The van der Waals surface area contributed by atoms with Crippen molar-refractivity contribution < 1.29 is 18.7 Å². The first-order valence-electron chi connectivity index (χ1n) is 13.0. The molecule has 2 aromatic carbocycles. The van der Waals surface area contributed by atoms with Crippen LogP contribution < -0.4 is 14.4 Å². The second-order valence-corrected chi connectivity index (χ2v) is 11.1. The van der Waals surface area contributed by atoms with E-state index in [1.807, 2.05) is 43.3 Å². The quantitative estimate of drug-likeness (QED) is 0.339. The van der Waals surface area contributed by atoms with Crippen LogP contribution >= 0.6 is 11.3 Å². The zero-order valence-corrected chi connectivity index (χ0v) is 22.2. The lowest BCUT2D eigenvalue weighted by Crippen LogP contribution is -2.49. The summed E-state index contributed by atoms with van der Waals surface area (Å²) < 4.78 is 27.0. The maximum atomic E-state index is 14.6. The molecule has 36 heavy (non-hydrogen) atoms. The molecule has 0 amide bonds. The molecule has 0 unspecified atom stereocenters. The molecule has 2 fully saturated rings. The molecule has 5 nitrogen and oxygen atoms in total. The van der Waals surface area contributed by atoms with Gasteiger partial charge < -0.3 is 14.4 Å². The summed E-state index contributed by atoms with van der Waals surface area (Å²) in [5.41, 5.74) is 1.09. The molecule has 1 aliphatic heterocycles. The van der Waals surface area contributed by atoms with E-state index in [1.165, 1.54) is 76.1 Å². The standard InChI is InChI=1S/C29H35FN2O3S/c1-31(2)29-27(21-17-22(30)25(34-3)18-26(21)36-29)28(33)19-11-13-20(14-12-19)35-24-10-6-5-9-23(24)32-15-7-4-8-16-32/h11-14,17-18,23-24H,4-10,15-16H2,1-3H3/t23-,24-/m1/s1. The van der Waals surface area contributed by atoms with Gasteiger partial charge in [0.2, 0.25) is 0 Å². The zero-order chi connectivity index (χ0) is 25.2.